The number of methoxy groups -OCH3 is 2. The van der Waals surface area contributed by atoms with Crippen LogP contribution in [0.3, 0.4) is 0 Å². The Morgan fingerprint density at radius 3 is 2.35 bits per heavy atom. The number of nitrogens with one attached hydrogen (secondary N) is 1. The van der Waals surface area contributed by atoms with Crippen LogP contribution in [0.15, 0.2) is 34.8 Å². The molecule has 26 heavy (non-hydrogen) atoms. The predicted molar refractivity (Wildman–Crippen MR) is 103 cm³/mol. The van der Waals surface area contributed by atoms with Crippen molar-refractivity contribution in [3.05, 3.63) is 45.9 Å². The first-order chi connectivity index (χ1) is 12.4. The summed E-state index contributed by atoms with van der Waals surface area (Å²) in [5.41, 5.74) is 3.05. The van der Waals surface area contributed by atoms with Gasteiger partial charge in [-0.1, -0.05) is 0 Å². The summed E-state index contributed by atoms with van der Waals surface area (Å²) in [5.74, 6) is 0.783. The standard InChI is InChI=1S/C19H19BrN2O4/c1-11(23)22-7-6-12-8-14(4-5-15(12)22)21-19(24)13-9-16(25-2)18(20)17(10-13)26-3/h4-5,8-10H,6-7H2,1-3H3,(H,21,24). The number of fused-ring (bicyclic) bond motifs is 1. The maximum absolute atomic E-state index is 12.6. The van der Waals surface area contributed by atoms with Gasteiger partial charge in [-0.05, 0) is 58.2 Å². The van der Waals surface area contributed by atoms with E-state index in [-0.39, 0.29) is 11.8 Å². The van der Waals surface area contributed by atoms with Gasteiger partial charge in [-0.15, -0.1) is 0 Å². The van der Waals surface area contributed by atoms with Gasteiger partial charge in [0.1, 0.15) is 16.0 Å². The molecule has 0 bridgehead atoms. The van der Waals surface area contributed by atoms with E-state index < -0.39 is 0 Å². The van der Waals surface area contributed by atoms with E-state index in [0.717, 1.165) is 17.7 Å². The average Bonchev–Trinajstić information content (AvgIpc) is 3.05. The van der Waals surface area contributed by atoms with Crippen molar-refractivity contribution in [2.24, 2.45) is 0 Å². The Labute approximate surface area is 160 Å². The highest BCUT2D eigenvalue weighted by Crippen LogP contribution is 2.36. The maximum Gasteiger partial charge on any atom is 0.255 e. The van der Waals surface area contributed by atoms with Gasteiger partial charge < -0.3 is 19.7 Å². The Balaban J connectivity index is 1.84. The lowest BCUT2D eigenvalue weighted by Crippen LogP contribution is -2.25. The molecule has 1 aliphatic rings. The van der Waals surface area contributed by atoms with Crippen molar-refractivity contribution < 1.29 is 19.1 Å². The molecule has 136 valence electrons. The van der Waals surface area contributed by atoms with Gasteiger partial charge in [-0.3, -0.25) is 9.59 Å². The first-order valence-electron chi connectivity index (χ1n) is 8.08. The van der Waals surface area contributed by atoms with E-state index >= 15 is 0 Å². The van der Waals surface area contributed by atoms with E-state index in [9.17, 15) is 9.59 Å². The molecule has 1 aliphatic heterocycles. The highest BCUT2D eigenvalue weighted by Gasteiger charge is 2.22. The number of halogens is 1. The number of amides is 2. The van der Waals surface area contributed by atoms with Gasteiger partial charge in [0, 0.05) is 30.4 Å². The monoisotopic (exact) mass is 418 g/mol. The normalized spacial score (nSPS) is 12.5. The molecule has 2 aromatic carbocycles. The molecule has 0 atom stereocenters. The zero-order valence-electron chi connectivity index (χ0n) is 14.8. The quantitative estimate of drug-likeness (QED) is 0.822. The number of hydrogen-bond acceptors (Lipinski definition) is 4. The van der Waals surface area contributed by atoms with Crippen LogP contribution in [-0.4, -0.2) is 32.6 Å². The van der Waals surface area contributed by atoms with Crippen molar-refractivity contribution in [3.8, 4) is 11.5 Å². The molecular weight excluding hydrogens is 400 g/mol. The molecule has 2 amide bonds. The Bertz CT molecular complexity index is 857. The van der Waals surface area contributed by atoms with Crippen molar-refractivity contribution in [1.29, 1.82) is 0 Å². The predicted octanol–water partition coefficient (Wildman–Crippen LogP) is 3.63. The fourth-order valence-corrected chi connectivity index (χ4v) is 3.56. The number of rotatable bonds is 4. The summed E-state index contributed by atoms with van der Waals surface area (Å²) >= 11 is 3.39. The number of carbonyl (C=O) groups is 2. The van der Waals surface area contributed by atoms with Gasteiger partial charge in [-0.25, -0.2) is 0 Å². The number of benzene rings is 2. The first-order valence-corrected chi connectivity index (χ1v) is 8.87. The lowest BCUT2D eigenvalue weighted by molar-refractivity contribution is -0.116. The van der Waals surface area contributed by atoms with Crippen LogP contribution in [0.2, 0.25) is 0 Å². The molecule has 0 aromatic heterocycles. The van der Waals surface area contributed by atoms with E-state index in [0.29, 0.717) is 33.8 Å². The second-order valence-corrected chi connectivity index (χ2v) is 6.71. The number of nitrogens with zero attached hydrogens (tertiary/aromatic N) is 1. The first kappa shape index (κ1) is 18.3. The van der Waals surface area contributed by atoms with E-state index in [4.69, 9.17) is 9.47 Å². The summed E-state index contributed by atoms with van der Waals surface area (Å²) in [6, 6.07) is 8.86. The third-order valence-corrected chi connectivity index (χ3v) is 5.10. The molecule has 0 saturated carbocycles. The number of carbonyl (C=O) groups excluding carboxylic acids is 2. The highest BCUT2D eigenvalue weighted by atomic mass is 79.9. The molecule has 0 saturated heterocycles. The Morgan fingerprint density at radius 1 is 1.12 bits per heavy atom. The average molecular weight is 419 g/mol. The van der Waals surface area contributed by atoms with Crippen LogP contribution in [0.25, 0.3) is 0 Å². The van der Waals surface area contributed by atoms with E-state index in [1.165, 1.54) is 14.2 Å². The fraction of sp³-hybridized carbons (Fsp3) is 0.263. The minimum atomic E-state index is -0.268. The Kier molecular flexibility index (Phi) is 5.18. The summed E-state index contributed by atoms with van der Waals surface area (Å²) in [6.07, 6.45) is 0.776. The molecule has 1 heterocycles. The maximum atomic E-state index is 12.6. The van der Waals surface area contributed by atoms with E-state index in [1.54, 1.807) is 30.0 Å². The van der Waals surface area contributed by atoms with E-state index in [2.05, 4.69) is 21.2 Å². The second-order valence-electron chi connectivity index (χ2n) is 5.91. The molecule has 0 aliphatic carbocycles. The third kappa shape index (κ3) is 3.39. The summed E-state index contributed by atoms with van der Waals surface area (Å²) in [6.45, 7) is 2.22. The largest absolute Gasteiger partial charge is 0.495 e. The third-order valence-electron chi connectivity index (χ3n) is 4.32. The number of ether oxygens (including phenoxy) is 2. The van der Waals surface area contributed by atoms with Crippen LogP contribution in [0.1, 0.15) is 22.8 Å². The van der Waals surface area contributed by atoms with Gasteiger partial charge >= 0.3 is 0 Å². The molecule has 0 radical (unpaired) electrons. The smallest absolute Gasteiger partial charge is 0.255 e. The Hall–Kier alpha value is -2.54. The second kappa shape index (κ2) is 7.37. The molecule has 7 heteroatoms. The van der Waals surface area contributed by atoms with Crippen LogP contribution < -0.4 is 19.7 Å². The molecule has 2 aromatic rings. The Morgan fingerprint density at radius 2 is 1.77 bits per heavy atom. The SMILES string of the molecule is COc1cc(C(=O)Nc2ccc3c(c2)CCN3C(C)=O)cc(OC)c1Br. The molecule has 0 fully saturated rings. The fourth-order valence-electron chi connectivity index (χ4n) is 3.01. The van der Waals surface area contributed by atoms with Gasteiger partial charge in [-0.2, -0.15) is 0 Å². The zero-order valence-corrected chi connectivity index (χ0v) is 16.3. The minimum absolute atomic E-state index is 0.0228. The summed E-state index contributed by atoms with van der Waals surface area (Å²) in [7, 11) is 3.06. The zero-order chi connectivity index (χ0) is 18.8. The molecular formula is C19H19BrN2O4. The molecule has 6 nitrogen and oxygen atoms in total. The van der Waals surface area contributed by atoms with Gasteiger partial charge in [0.25, 0.3) is 5.91 Å². The highest BCUT2D eigenvalue weighted by molar-refractivity contribution is 9.10. The summed E-state index contributed by atoms with van der Waals surface area (Å²) in [4.78, 5) is 26.0. The van der Waals surface area contributed by atoms with Crippen molar-refractivity contribution in [2.75, 3.05) is 31.0 Å². The van der Waals surface area contributed by atoms with Gasteiger partial charge in [0.05, 0.1) is 14.2 Å². The van der Waals surface area contributed by atoms with E-state index in [1.807, 2.05) is 12.1 Å². The van der Waals surface area contributed by atoms with Crippen molar-refractivity contribution in [1.82, 2.24) is 0 Å². The van der Waals surface area contributed by atoms with Crippen molar-refractivity contribution in [2.45, 2.75) is 13.3 Å². The molecule has 0 spiro atoms. The molecule has 0 unspecified atom stereocenters. The lowest BCUT2D eigenvalue weighted by Gasteiger charge is -2.15. The van der Waals surface area contributed by atoms with Crippen molar-refractivity contribution >= 4 is 39.1 Å². The summed E-state index contributed by atoms with van der Waals surface area (Å²) < 4.78 is 11.2. The van der Waals surface area contributed by atoms with Crippen LogP contribution in [0.4, 0.5) is 11.4 Å². The van der Waals surface area contributed by atoms with Crippen LogP contribution in [0.5, 0.6) is 11.5 Å². The lowest BCUT2D eigenvalue weighted by atomic mass is 10.1. The topological polar surface area (TPSA) is 67.9 Å². The molecule has 1 N–H and O–H groups in total. The number of hydrogen-bond donors (Lipinski definition) is 1. The van der Waals surface area contributed by atoms with Crippen LogP contribution in [0, 0.1) is 0 Å². The van der Waals surface area contributed by atoms with Gasteiger partial charge in [0.2, 0.25) is 5.91 Å². The number of anilines is 2. The van der Waals surface area contributed by atoms with Crippen LogP contribution >= 0.6 is 15.9 Å². The van der Waals surface area contributed by atoms with Crippen molar-refractivity contribution in [3.63, 3.8) is 0 Å². The van der Waals surface area contributed by atoms with Crippen LogP contribution in [-0.2, 0) is 11.2 Å². The van der Waals surface area contributed by atoms with Gasteiger partial charge in [0.15, 0.2) is 0 Å². The summed E-state index contributed by atoms with van der Waals surface area (Å²) in [5, 5.41) is 2.89. The minimum Gasteiger partial charge on any atom is -0.495 e. The molecule has 3 rings (SSSR count).